The quantitative estimate of drug-likeness (QED) is 0.309. The summed E-state index contributed by atoms with van der Waals surface area (Å²) >= 11 is 23.5. The monoisotopic (exact) mass is 459 g/mol. The van der Waals surface area contributed by atoms with Crippen LogP contribution in [0.2, 0.25) is 20.1 Å². The van der Waals surface area contributed by atoms with E-state index in [0.29, 0.717) is 4.90 Å². The fourth-order valence-electron chi connectivity index (χ4n) is 2.58. The topological polar surface area (TPSA) is 99.1 Å². The molecule has 1 unspecified atom stereocenters. The van der Waals surface area contributed by atoms with Crippen molar-refractivity contribution in [2.45, 2.75) is 0 Å². The number of benzene rings is 2. The number of hydrogen-bond donors (Lipinski definition) is 2. The van der Waals surface area contributed by atoms with E-state index in [1.54, 1.807) is 0 Å². The lowest BCUT2D eigenvalue weighted by atomic mass is 10.1. The molecule has 1 aliphatic rings. The Hall–Kier alpha value is -2.32. The number of anilines is 2. The summed E-state index contributed by atoms with van der Waals surface area (Å²) in [5, 5.41) is 15.3. The van der Waals surface area contributed by atoms with Gasteiger partial charge in [0.25, 0.3) is 11.8 Å². The van der Waals surface area contributed by atoms with Crippen LogP contribution in [0.3, 0.4) is 0 Å². The van der Waals surface area contributed by atoms with Crippen molar-refractivity contribution in [2.24, 2.45) is 11.1 Å². The number of imide groups is 1. The first kappa shape index (κ1) is 20.4. The molecule has 144 valence electrons. The summed E-state index contributed by atoms with van der Waals surface area (Å²) in [6.07, 6.45) is 0. The Morgan fingerprint density at radius 1 is 0.964 bits per heavy atom. The van der Waals surface area contributed by atoms with Gasteiger partial charge in [0.1, 0.15) is 0 Å². The average molecular weight is 461 g/mol. The molecule has 2 N–H and O–H groups in total. The number of nitrogens with zero attached hydrogens (tertiary/aromatic N) is 2. The van der Waals surface area contributed by atoms with Crippen molar-refractivity contribution in [1.82, 2.24) is 0 Å². The number of nitrogens with one attached hydrogen (secondary N) is 1. The van der Waals surface area contributed by atoms with Gasteiger partial charge in [-0.25, -0.2) is 4.90 Å². The standard InChI is InChI=1S/C17H9Cl4N3O4/c18-9-3-1-7(5-11(9)20)22-15(25)13-14(23-28)17(27)24(16(13)26)8-2-4-10(19)12(21)6-8/h1-6,13,28H,(H,22,25)/b23-14-. The Morgan fingerprint density at radius 3 is 2.14 bits per heavy atom. The second-order valence-electron chi connectivity index (χ2n) is 5.61. The van der Waals surface area contributed by atoms with Gasteiger partial charge in [-0.3, -0.25) is 14.4 Å². The van der Waals surface area contributed by atoms with E-state index in [4.69, 9.17) is 46.4 Å². The molecule has 1 saturated heterocycles. The molecule has 0 bridgehead atoms. The van der Waals surface area contributed by atoms with Crippen LogP contribution in [0.25, 0.3) is 0 Å². The van der Waals surface area contributed by atoms with Gasteiger partial charge in [-0.15, -0.1) is 0 Å². The molecule has 0 aliphatic carbocycles. The van der Waals surface area contributed by atoms with Gasteiger partial charge < -0.3 is 10.5 Å². The van der Waals surface area contributed by atoms with Crippen LogP contribution in [0.15, 0.2) is 41.6 Å². The smallest absolute Gasteiger partial charge is 0.284 e. The van der Waals surface area contributed by atoms with E-state index in [9.17, 15) is 19.6 Å². The van der Waals surface area contributed by atoms with Crippen LogP contribution in [-0.2, 0) is 14.4 Å². The van der Waals surface area contributed by atoms with Crippen LogP contribution >= 0.6 is 46.4 Å². The highest BCUT2D eigenvalue weighted by molar-refractivity contribution is 6.61. The number of amides is 3. The number of carbonyl (C=O) groups excluding carboxylic acids is 3. The number of carbonyl (C=O) groups is 3. The minimum atomic E-state index is -1.67. The molecule has 0 saturated carbocycles. The third-order valence-electron chi connectivity index (χ3n) is 3.88. The molecule has 11 heteroatoms. The Morgan fingerprint density at radius 2 is 1.57 bits per heavy atom. The average Bonchev–Trinajstić information content (AvgIpc) is 2.90. The Kier molecular flexibility index (Phi) is 5.81. The van der Waals surface area contributed by atoms with Gasteiger partial charge in [-0.05, 0) is 36.4 Å². The molecule has 1 aliphatic heterocycles. The zero-order chi connectivity index (χ0) is 20.6. The lowest BCUT2D eigenvalue weighted by Crippen LogP contribution is -2.34. The molecule has 1 heterocycles. The fraction of sp³-hybridized carbons (Fsp3) is 0.0588. The van der Waals surface area contributed by atoms with E-state index in [0.717, 1.165) is 0 Å². The lowest BCUT2D eigenvalue weighted by molar-refractivity contribution is -0.127. The van der Waals surface area contributed by atoms with Crippen molar-refractivity contribution in [1.29, 1.82) is 0 Å². The number of rotatable bonds is 3. The molecular formula is C17H9Cl4N3O4. The number of oxime groups is 1. The molecule has 3 rings (SSSR count). The van der Waals surface area contributed by atoms with Crippen molar-refractivity contribution in [3.63, 3.8) is 0 Å². The zero-order valence-electron chi connectivity index (χ0n) is 13.6. The first-order valence-electron chi connectivity index (χ1n) is 7.55. The van der Waals surface area contributed by atoms with Crippen LogP contribution in [-0.4, -0.2) is 28.6 Å². The van der Waals surface area contributed by atoms with Crippen LogP contribution in [0.4, 0.5) is 11.4 Å². The predicted molar refractivity (Wildman–Crippen MR) is 107 cm³/mol. The minimum absolute atomic E-state index is 0.0791. The van der Waals surface area contributed by atoms with Crippen molar-refractivity contribution in [3.8, 4) is 0 Å². The van der Waals surface area contributed by atoms with E-state index in [-0.39, 0.29) is 31.5 Å². The van der Waals surface area contributed by atoms with Crippen molar-refractivity contribution >= 4 is 81.2 Å². The number of halogens is 4. The molecule has 1 fully saturated rings. The van der Waals surface area contributed by atoms with Gasteiger partial charge in [-0.1, -0.05) is 51.6 Å². The summed E-state index contributed by atoms with van der Waals surface area (Å²) in [4.78, 5) is 38.6. The first-order valence-corrected chi connectivity index (χ1v) is 9.07. The summed E-state index contributed by atoms with van der Waals surface area (Å²) in [6.45, 7) is 0. The summed E-state index contributed by atoms with van der Waals surface area (Å²) in [6, 6.07) is 8.32. The van der Waals surface area contributed by atoms with Gasteiger partial charge in [0, 0.05) is 5.69 Å². The molecule has 7 nitrogen and oxygen atoms in total. The highest BCUT2D eigenvalue weighted by Crippen LogP contribution is 2.32. The van der Waals surface area contributed by atoms with Crippen molar-refractivity contribution in [2.75, 3.05) is 10.2 Å². The maximum Gasteiger partial charge on any atom is 0.284 e. The summed E-state index contributed by atoms with van der Waals surface area (Å²) < 4.78 is 0. The molecular weight excluding hydrogens is 452 g/mol. The number of hydrogen-bond acceptors (Lipinski definition) is 5. The second kappa shape index (κ2) is 7.97. The Balaban J connectivity index is 1.93. The van der Waals surface area contributed by atoms with E-state index in [1.165, 1.54) is 36.4 Å². The lowest BCUT2D eigenvalue weighted by Gasteiger charge is -2.15. The summed E-state index contributed by atoms with van der Waals surface area (Å²) in [5.74, 6) is -4.41. The summed E-state index contributed by atoms with van der Waals surface area (Å²) in [7, 11) is 0. The maximum absolute atomic E-state index is 12.8. The highest BCUT2D eigenvalue weighted by atomic mass is 35.5. The molecule has 3 amide bonds. The second-order valence-corrected chi connectivity index (χ2v) is 7.24. The molecule has 0 radical (unpaired) electrons. The third-order valence-corrected chi connectivity index (χ3v) is 5.36. The van der Waals surface area contributed by atoms with Crippen molar-refractivity contribution < 1.29 is 19.6 Å². The first-order chi connectivity index (χ1) is 13.2. The van der Waals surface area contributed by atoms with Crippen LogP contribution in [0.1, 0.15) is 0 Å². The van der Waals surface area contributed by atoms with Gasteiger partial charge >= 0.3 is 0 Å². The predicted octanol–water partition coefficient (Wildman–Crippen LogP) is 4.26. The molecule has 28 heavy (non-hydrogen) atoms. The van der Waals surface area contributed by atoms with Gasteiger partial charge in [-0.2, -0.15) is 0 Å². The van der Waals surface area contributed by atoms with E-state index in [2.05, 4.69) is 10.5 Å². The Bertz CT molecular complexity index is 1040. The van der Waals surface area contributed by atoms with E-state index in [1.807, 2.05) is 0 Å². The zero-order valence-corrected chi connectivity index (χ0v) is 16.6. The van der Waals surface area contributed by atoms with Crippen LogP contribution in [0, 0.1) is 5.92 Å². The van der Waals surface area contributed by atoms with Gasteiger partial charge in [0.05, 0.1) is 25.8 Å². The molecule has 2 aromatic rings. The van der Waals surface area contributed by atoms with Crippen LogP contribution < -0.4 is 10.2 Å². The normalized spacial score (nSPS) is 18.1. The minimum Gasteiger partial charge on any atom is -0.410 e. The SMILES string of the molecule is O=C(Nc1ccc(Cl)c(Cl)c1)C1C(=O)N(c2ccc(Cl)c(Cl)c2)C(=O)/C1=N\O. The highest BCUT2D eigenvalue weighted by Gasteiger charge is 2.50. The molecule has 0 aromatic heterocycles. The fourth-order valence-corrected chi connectivity index (χ4v) is 3.17. The largest absolute Gasteiger partial charge is 0.410 e. The molecule has 1 atom stereocenters. The molecule has 2 aromatic carbocycles. The van der Waals surface area contributed by atoms with Crippen molar-refractivity contribution in [3.05, 3.63) is 56.5 Å². The summed E-state index contributed by atoms with van der Waals surface area (Å²) in [5.41, 5.74) is -0.311. The van der Waals surface area contributed by atoms with Gasteiger partial charge in [0.2, 0.25) is 5.91 Å². The van der Waals surface area contributed by atoms with Crippen LogP contribution in [0.5, 0.6) is 0 Å². The van der Waals surface area contributed by atoms with E-state index < -0.39 is 29.4 Å². The molecule has 0 spiro atoms. The maximum atomic E-state index is 12.8. The van der Waals surface area contributed by atoms with Gasteiger partial charge in [0.15, 0.2) is 11.6 Å². The Labute approximate surface area is 178 Å². The third kappa shape index (κ3) is 3.66. The van der Waals surface area contributed by atoms with E-state index >= 15 is 0 Å².